The normalized spacial score (nSPS) is 12.0. The van der Waals surface area contributed by atoms with Gasteiger partial charge in [0.2, 0.25) is 5.91 Å². The SMILES string of the molecule is Cc1ccc(S[C@H](C)C(=O)NCCSCc2ccc(Cl)c(Cl)c2)cc1. The third-order valence-corrected chi connectivity index (χ3v) is 6.38. The summed E-state index contributed by atoms with van der Waals surface area (Å²) in [6, 6.07) is 13.9. The number of halogens is 2. The number of carbonyl (C=O) groups is 1. The van der Waals surface area contributed by atoms with Crippen LogP contribution in [0.3, 0.4) is 0 Å². The Morgan fingerprint density at radius 1 is 1.12 bits per heavy atom. The summed E-state index contributed by atoms with van der Waals surface area (Å²) in [5.41, 5.74) is 2.36. The molecular weight excluding hydrogens is 393 g/mol. The van der Waals surface area contributed by atoms with E-state index < -0.39 is 0 Å². The molecule has 0 aliphatic rings. The second-order valence-electron chi connectivity index (χ2n) is 5.67. The van der Waals surface area contributed by atoms with Crippen molar-refractivity contribution in [1.29, 1.82) is 0 Å². The van der Waals surface area contributed by atoms with Crippen LogP contribution in [0, 0.1) is 6.92 Å². The van der Waals surface area contributed by atoms with Crippen LogP contribution in [-0.4, -0.2) is 23.5 Å². The minimum Gasteiger partial charge on any atom is -0.354 e. The zero-order valence-corrected chi connectivity index (χ0v) is 17.4. The fourth-order valence-corrected chi connectivity index (χ4v) is 4.10. The third kappa shape index (κ3) is 7.14. The van der Waals surface area contributed by atoms with Crippen molar-refractivity contribution in [1.82, 2.24) is 5.32 Å². The van der Waals surface area contributed by atoms with Crippen LogP contribution in [0.25, 0.3) is 0 Å². The van der Waals surface area contributed by atoms with E-state index in [1.165, 1.54) is 5.56 Å². The van der Waals surface area contributed by atoms with Crippen LogP contribution < -0.4 is 5.32 Å². The van der Waals surface area contributed by atoms with Gasteiger partial charge in [-0.3, -0.25) is 4.79 Å². The van der Waals surface area contributed by atoms with Crippen molar-refractivity contribution < 1.29 is 4.79 Å². The second-order valence-corrected chi connectivity index (χ2v) is 9.00. The van der Waals surface area contributed by atoms with E-state index in [-0.39, 0.29) is 11.2 Å². The standard InChI is InChI=1S/C19H21Cl2NOS2/c1-13-3-6-16(7-4-13)25-14(2)19(23)22-9-10-24-12-15-5-8-17(20)18(21)11-15/h3-8,11,14H,9-10,12H2,1-2H3,(H,22,23)/t14-/m1/s1. The van der Waals surface area contributed by atoms with E-state index in [4.69, 9.17) is 23.2 Å². The van der Waals surface area contributed by atoms with Crippen LogP contribution in [0.2, 0.25) is 10.0 Å². The average Bonchev–Trinajstić information content (AvgIpc) is 2.59. The smallest absolute Gasteiger partial charge is 0.233 e. The molecule has 0 bridgehead atoms. The van der Waals surface area contributed by atoms with Crippen molar-refractivity contribution in [3.05, 3.63) is 63.6 Å². The molecule has 1 amide bonds. The molecular formula is C19H21Cl2NOS2. The molecule has 0 heterocycles. The first-order valence-electron chi connectivity index (χ1n) is 7.98. The highest BCUT2D eigenvalue weighted by Gasteiger charge is 2.13. The number of thioether (sulfide) groups is 2. The Kier molecular flexibility index (Phi) is 8.50. The first-order valence-corrected chi connectivity index (χ1v) is 10.8. The lowest BCUT2D eigenvalue weighted by Crippen LogP contribution is -2.32. The summed E-state index contributed by atoms with van der Waals surface area (Å²) in [5, 5.41) is 4.04. The number of hydrogen-bond donors (Lipinski definition) is 1. The van der Waals surface area contributed by atoms with Gasteiger partial charge in [-0.1, -0.05) is 47.0 Å². The molecule has 1 N–H and O–H groups in total. The van der Waals surface area contributed by atoms with Crippen LogP contribution >= 0.6 is 46.7 Å². The maximum absolute atomic E-state index is 12.2. The van der Waals surface area contributed by atoms with Crippen molar-refractivity contribution in [2.75, 3.05) is 12.3 Å². The molecule has 2 aromatic rings. The molecule has 0 saturated heterocycles. The molecule has 1 atom stereocenters. The van der Waals surface area contributed by atoms with Crippen molar-refractivity contribution >= 4 is 52.6 Å². The summed E-state index contributed by atoms with van der Waals surface area (Å²) < 4.78 is 0. The van der Waals surface area contributed by atoms with Crippen molar-refractivity contribution in [2.45, 2.75) is 29.7 Å². The van der Waals surface area contributed by atoms with E-state index in [1.807, 2.05) is 25.1 Å². The van der Waals surface area contributed by atoms with E-state index in [0.717, 1.165) is 22.0 Å². The van der Waals surface area contributed by atoms with E-state index in [1.54, 1.807) is 23.5 Å². The lowest BCUT2D eigenvalue weighted by Gasteiger charge is -2.12. The summed E-state index contributed by atoms with van der Waals surface area (Å²) in [6.45, 7) is 4.65. The van der Waals surface area contributed by atoms with Crippen LogP contribution in [0.5, 0.6) is 0 Å². The van der Waals surface area contributed by atoms with Crippen molar-refractivity contribution in [3.63, 3.8) is 0 Å². The minimum absolute atomic E-state index is 0.0701. The van der Waals surface area contributed by atoms with Gasteiger partial charge in [0.1, 0.15) is 0 Å². The van der Waals surface area contributed by atoms with Gasteiger partial charge in [0.25, 0.3) is 0 Å². The van der Waals surface area contributed by atoms with Gasteiger partial charge in [-0.05, 0) is 43.7 Å². The lowest BCUT2D eigenvalue weighted by atomic mass is 10.2. The molecule has 0 aliphatic heterocycles. The van der Waals surface area contributed by atoms with E-state index >= 15 is 0 Å². The zero-order valence-electron chi connectivity index (χ0n) is 14.2. The summed E-state index contributed by atoms with van der Waals surface area (Å²) in [5.74, 6) is 1.77. The molecule has 134 valence electrons. The fourth-order valence-electron chi connectivity index (χ4n) is 2.08. The van der Waals surface area contributed by atoms with Gasteiger partial charge >= 0.3 is 0 Å². The highest BCUT2D eigenvalue weighted by molar-refractivity contribution is 8.00. The van der Waals surface area contributed by atoms with Gasteiger partial charge in [-0.15, -0.1) is 11.8 Å². The number of benzene rings is 2. The molecule has 2 rings (SSSR count). The largest absolute Gasteiger partial charge is 0.354 e. The molecule has 0 spiro atoms. The average molecular weight is 414 g/mol. The number of carbonyl (C=O) groups excluding carboxylic acids is 1. The Labute approximate surface area is 168 Å². The third-order valence-electron chi connectivity index (χ3n) is 3.50. The van der Waals surface area contributed by atoms with Gasteiger partial charge < -0.3 is 5.32 Å². The van der Waals surface area contributed by atoms with E-state index in [9.17, 15) is 4.79 Å². The molecule has 0 fully saturated rings. The summed E-state index contributed by atoms with van der Waals surface area (Å²) in [7, 11) is 0. The highest BCUT2D eigenvalue weighted by Crippen LogP contribution is 2.25. The Morgan fingerprint density at radius 2 is 1.84 bits per heavy atom. The molecule has 0 unspecified atom stereocenters. The van der Waals surface area contributed by atoms with Gasteiger partial charge in [0.15, 0.2) is 0 Å². The van der Waals surface area contributed by atoms with Crippen LogP contribution in [0.15, 0.2) is 47.4 Å². The maximum atomic E-state index is 12.2. The van der Waals surface area contributed by atoms with E-state index in [0.29, 0.717) is 16.6 Å². The van der Waals surface area contributed by atoms with Crippen LogP contribution in [0.4, 0.5) is 0 Å². The molecule has 0 aliphatic carbocycles. The van der Waals surface area contributed by atoms with Crippen molar-refractivity contribution in [2.24, 2.45) is 0 Å². The first-order chi connectivity index (χ1) is 12.0. The minimum atomic E-state index is -0.109. The van der Waals surface area contributed by atoms with Gasteiger partial charge in [0, 0.05) is 22.9 Å². The van der Waals surface area contributed by atoms with Crippen LogP contribution in [0.1, 0.15) is 18.1 Å². The number of amides is 1. The quantitative estimate of drug-likeness (QED) is 0.435. The predicted molar refractivity (Wildman–Crippen MR) is 112 cm³/mol. The van der Waals surface area contributed by atoms with E-state index in [2.05, 4.69) is 36.5 Å². The molecule has 25 heavy (non-hydrogen) atoms. The fraction of sp³-hybridized carbons (Fsp3) is 0.316. The van der Waals surface area contributed by atoms with Crippen LogP contribution in [-0.2, 0) is 10.5 Å². The van der Waals surface area contributed by atoms with Gasteiger partial charge in [0.05, 0.1) is 15.3 Å². The first kappa shape index (κ1) is 20.5. The topological polar surface area (TPSA) is 29.1 Å². The van der Waals surface area contributed by atoms with Gasteiger partial charge in [-0.2, -0.15) is 11.8 Å². The molecule has 2 nitrogen and oxygen atoms in total. The summed E-state index contributed by atoms with van der Waals surface area (Å²) in [4.78, 5) is 13.3. The molecule has 0 aromatic heterocycles. The number of nitrogens with one attached hydrogen (secondary N) is 1. The summed E-state index contributed by atoms with van der Waals surface area (Å²) in [6.07, 6.45) is 0. The Morgan fingerprint density at radius 3 is 2.52 bits per heavy atom. The number of aryl methyl sites for hydroxylation is 1. The summed E-state index contributed by atoms with van der Waals surface area (Å²) >= 11 is 15.2. The zero-order chi connectivity index (χ0) is 18.2. The molecule has 0 saturated carbocycles. The molecule has 0 radical (unpaired) electrons. The van der Waals surface area contributed by atoms with Gasteiger partial charge in [-0.25, -0.2) is 0 Å². The molecule has 2 aromatic carbocycles. The predicted octanol–water partition coefficient (Wildman–Crippen LogP) is 5.83. The monoisotopic (exact) mass is 413 g/mol. The molecule has 6 heteroatoms. The number of rotatable bonds is 8. The lowest BCUT2D eigenvalue weighted by molar-refractivity contribution is -0.120. The number of hydrogen-bond acceptors (Lipinski definition) is 3. The highest BCUT2D eigenvalue weighted by atomic mass is 35.5. The Balaban J connectivity index is 1.65. The maximum Gasteiger partial charge on any atom is 0.233 e. The second kappa shape index (κ2) is 10.4. The van der Waals surface area contributed by atoms with Crippen molar-refractivity contribution in [3.8, 4) is 0 Å². The Bertz CT molecular complexity index is 707. The Hall–Kier alpha value is -0.810.